The maximum Gasteiger partial charge on any atom is 0.179 e. The van der Waals surface area contributed by atoms with E-state index < -0.39 is 22.6 Å². The highest BCUT2D eigenvalue weighted by Gasteiger charge is 2.48. The summed E-state index contributed by atoms with van der Waals surface area (Å²) >= 11 is 0. The van der Waals surface area contributed by atoms with Crippen LogP contribution in [0.15, 0.2) is 291 Å². The summed E-state index contributed by atoms with van der Waals surface area (Å²) in [6.07, 6.45) is 1.86. The van der Waals surface area contributed by atoms with Crippen LogP contribution < -0.4 is 52.6 Å². The lowest BCUT2D eigenvalue weighted by molar-refractivity contribution is 1.39. The first-order chi connectivity index (χ1) is 32.2. The molecule has 0 heterocycles. The Morgan fingerprint density at radius 3 is 0.600 bits per heavy atom. The lowest BCUT2D eigenvalue weighted by Gasteiger charge is -2.35. The number of hydrogen-bond acceptors (Lipinski definition) is 0. The van der Waals surface area contributed by atoms with Crippen LogP contribution in [0.2, 0.25) is 0 Å². The van der Waals surface area contributed by atoms with Gasteiger partial charge in [-0.1, -0.05) is 218 Å². The van der Waals surface area contributed by atoms with Gasteiger partial charge in [0.25, 0.3) is 0 Å². The third-order valence-corrected chi connectivity index (χ3v) is 26.8. The summed E-state index contributed by atoms with van der Waals surface area (Å²) in [7, 11) is -6.99. The molecule has 0 saturated carbocycles. The molecule has 312 valence electrons. The molecule has 0 bridgehead atoms. The molecule has 0 radical (unpaired) electrons. The summed E-state index contributed by atoms with van der Waals surface area (Å²) in [6, 6.07) is 110. The molecule has 10 aromatic carbocycles. The Balaban J connectivity index is 1.12. The molecule has 0 aliphatic carbocycles. The molecule has 0 aliphatic heterocycles. The molecule has 0 amide bonds. The zero-order valence-electron chi connectivity index (χ0n) is 36.5. The van der Waals surface area contributed by atoms with Gasteiger partial charge in [0, 0.05) is 0 Å². The first-order valence-electron chi connectivity index (χ1n) is 22.6. The molecule has 0 fully saturated rings. The van der Waals surface area contributed by atoms with E-state index in [1.165, 1.54) is 63.7 Å². The van der Waals surface area contributed by atoms with E-state index in [1.54, 1.807) is 0 Å². The number of rotatable bonds is 14. The molecule has 0 spiro atoms. The Bertz CT molecular complexity index is 2620. The Kier molecular flexibility index (Phi) is 12.5. The standard InChI is InChI=1S/C62H52P2Si/c1-9-25-53(26-10-1)63(54-27-11-2-12-28-54,55-29-13-3-14-30-55)49-51-41-45-61(46-42-51)65(59-37-21-7-22-38-59,60-39-23-8-24-40-60)62-47-43-52(44-48-62)50-64(56-31-15-4-16-32-56,57-33-17-5-18-34-57)58-35-19-6-20-36-58/h1-48H,49-50H2/q+2. The minimum atomic E-state index is -2.83. The zero-order valence-corrected chi connectivity index (χ0v) is 39.3. The number of hydrogen-bond donors (Lipinski definition) is 0. The SMILES string of the molecule is c1ccc([Si](c2ccccc2)(c2ccc(C[P+](c3ccccc3)(c3ccccc3)c3ccccc3)cc2)c2ccc(C[P+](c3ccccc3)(c3ccccc3)c3ccccc3)cc2)cc1. The largest absolute Gasteiger partial charge is 0.179 e. The summed E-state index contributed by atoms with van der Waals surface area (Å²) in [6.45, 7) is 0. The van der Waals surface area contributed by atoms with Crippen LogP contribution >= 0.6 is 14.5 Å². The second-order valence-corrected chi connectivity index (χ2v) is 27.6. The highest BCUT2D eigenvalue weighted by molar-refractivity contribution is 7.95. The topological polar surface area (TPSA) is 0 Å². The van der Waals surface area contributed by atoms with Gasteiger partial charge >= 0.3 is 0 Å². The van der Waals surface area contributed by atoms with Crippen LogP contribution in [0.3, 0.4) is 0 Å². The van der Waals surface area contributed by atoms with Gasteiger partial charge in [-0.3, -0.25) is 0 Å². The monoisotopic (exact) mass is 886 g/mol. The molecule has 0 aliphatic rings. The maximum atomic E-state index is 2.47. The fraction of sp³-hybridized carbons (Fsp3) is 0.0323. The molecule has 0 aromatic heterocycles. The van der Waals surface area contributed by atoms with E-state index in [2.05, 4.69) is 291 Å². The molecule has 10 aromatic rings. The van der Waals surface area contributed by atoms with Gasteiger partial charge in [0.1, 0.15) is 46.4 Å². The van der Waals surface area contributed by atoms with Crippen LogP contribution in [0.5, 0.6) is 0 Å². The Morgan fingerprint density at radius 1 is 0.200 bits per heavy atom. The normalized spacial score (nSPS) is 11.8. The molecule has 65 heavy (non-hydrogen) atoms. The lowest BCUT2D eigenvalue weighted by Crippen LogP contribution is -2.74. The van der Waals surface area contributed by atoms with Gasteiger partial charge in [0.2, 0.25) is 0 Å². The van der Waals surface area contributed by atoms with Gasteiger partial charge in [0.15, 0.2) is 8.07 Å². The van der Waals surface area contributed by atoms with Gasteiger partial charge < -0.3 is 0 Å². The van der Waals surface area contributed by atoms with Crippen molar-refractivity contribution in [3.05, 3.63) is 302 Å². The van der Waals surface area contributed by atoms with E-state index >= 15 is 0 Å². The predicted molar refractivity (Wildman–Crippen MR) is 288 cm³/mol. The van der Waals surface area contributed by atoms with Crippen LogP contribution in [0.1, 0.15) is 11.1 Å². The molecular formula is C62H52P2Si+2. The van der Waals surface area contributed by atoms with Crippen LogP contribution in [0.4, 0.5) is 0 Å². The lowest BCUT2D eigenvalue weighted by atomic mass is 10.2. The molecule has 10 rings (SSSR count). The second-order valence-electron chi connectivity index (χ2n) is 16.8. The van der Waals surface area contributed by atoms with E-state index in [0.29, 0.717) is 0 Å². The molecule has 0 nitrogen and oxygen atoms in total. The fourth-order valence-electron chi connectivity index (χ4n) is 10.2. The van der Waals surface area contributed by atoms with Crippen molar-refractivity contribution >= 4 is 75.2 Å². The molecule has 3 heteroatoms. The molecule has 0 atom stereocenters. The van der Waals surface area contributed by atoms with Crippen molar-refractivity contribution in [1.82, 2.24) is 0 Å². The van der Waals surface area contributed by atoms with Gasteiger partial charge in [-0.05, 0) is 105 Å². The summed E-state index contributed by atoms with van der Waals surface area (Å²) in [5.41, 5.74) is 2.70. The third-order valence-electron chi connectivity index (χ3n) is 13.2. The van der Waals surface area contributed by atoms with Crippen LogP contribution in [0, 0.1) is 0 Å². The fourth-order valence-corrected chi connectivity index (χ4v) is 23.4. The van der Waals surface area contributed by atoms with E-state index in [0.717, 1.165) is 12.3 Å². The van der Waals surface area contributed by atoms with E-state index in [4.69, 9.17) is 0 Å². The Morgan fingerprint density at radius 2 is 0.385 bits per heavy atom. The quantitative estimate of drug-likeness (QED) is 0.0580. The minimum absolute atomic E-state index is 0.931. The maximum absolute atomic E-state index is 2.83. The Hall–Kier alpha value is -6.72. The van der Waals surface area contributed by atoms with Crippen molar-refractivity contribution in [2.24, 2.45) is 0 Å². The average molecular weight is 887 g/mol. The van der Waals surface area contributed by atoms with Crippen molar-refractivity contribution in [3.63, 3.8) is 0 Å². The zero-order chi connectivity index (χ0) is 43.8. The summed E-state index contributed by atoms with van der Waals surface area (Å²) in [5.74, 6) is 0. The predicted octanol–water partition coefficient (Wildman–Crippen LogP) is 10.1. The van der Waals surface area contributed by atoms with Crippen molar-refractivity contribution in [2.45, 2.75) is 12.3 Å². The minimum Gasteiger partial charge on any atom is -0.0623 e. The smallest absolute Gasteiger partial charge is 0.0623 e. The first-order valence-corrected chi connectivity index (χ1v) is 28.6. The summed E-state index contributed by atoms with van der Waals surface area (Å²) < 4.78 is 0. The van der Waals surface area contributed by atoms with Crippen molar-refractivity contribution in [3.8, 4) is 0 Å². The highest BCUT2D eigenvalue weighted by Crippen LogP contribution is 2.59. The van der Waals surface area contributed by atoms with Crippen molar-refractivity contribution in [1.29, 1.82) is 0 Å². The van der Waals surface area contributed by atoms with E-state index in [9.17, 15) is 0 Å². The number of benzene rings is 10. The van der Waals surface area contributed by atoms with Gasteiger partial charge in [0.05, 0.1) is 12.3 Å². The van der Waals surface area contributed by atoms with Crippen molar-refractivity contribution < 1.29 is 0 Å². The summed E-state index contributed by atoms with van der Waals surface area (Å²) in [4.78, 5) is 0. The van der Waals surface area contributed by atoms with Crippen LogP contribution in [0.25, 0.3) is 0 Å². The van der Waals surface area contributed by atoms with Gasteiger partial charge in [-0.25, -0.2) is 0 Å². The van der Waals surface area contributed by atoms with Crippen molar-refractivity contribution in [2.75, 3.05) is 0 Å². The summed E-state index contributed by atoms with van der Waals surface area (Å²) in [5, 5.41) is 13.9. The van der Waals surface area contributed by atoms with Gasteiger partial charge in [-0.2, -0.15) is 0 Å². The average Bonchev–Trinajstić information content (AvgIpc) is 3.40. The van der Waals surface area contributed by atoms with E-state index in [1.807, 2.05) is 0 Å². The second kappa shape index (κ2) is 19.2. The van der Waals surface area contributed by atoms with E-state index in [-0.39, 0.29) is 0 Å². The molecular weight excluding hydrogens is 835 g/mol. The molecule has 0 saturated heterocycles. The van der Waals surface area contributed by atoms with Crippen LogP contribution in [-0.4, -0.2) is 8.07 Å². The van der Waals surface area contributed by atoms with Gasteiger partial charge in [-0.15, -0.1) is 0 Å². The first kappa shape index (κ1) is 42.2. The Labute approximate surface area is 387 Å². The molecule has 0 N–H and O–H groups in total. The third kappa shape index (κ3) is 8.07. The highest BCUT2D eigenvalue weighted by atomic mass is 31.2. The van der Waals surface area contributed by atoms with Crippen LogP contribution in [-0.2, 0) is 12.3 Å². The molecule has 0 unspecified atom stereocenters.